The lowest BCUT2D eigenvalue weighted by Gasteiger charge is -2.29. The highest BCUT2D eigenvalue weighted by molar-refractivity contribution is 5.97. The molecule has 0 unspecified atom stereocenters. The first kappa shape index (κ1) is 18.0. The molecule has 2 N–H and O–H groups in total. The number of carboxylic acids is 1. The van der Waals surface area contributed by atoms with Crippen LogP contribution in [0.25, 0.3) is 0 Å². The summed E-state index contributed by atoms with van der Waals surface area (Å²) < 4.78 is 5.17. The van der Waals surface area contributed by atoms with E-state index in [1.165, 1.54) is 6.20 Å². The normalized spacial score (nSPS) is 16.2. The van der Waals surface area contributed by atoms with Gasteiger partial charge in [-0.15, -0.1) is 0 Å². The Morgan fingerprint density at radius 3 is 2.68 bits per heavy atom. The van der Waals surface area contributed by atoms with Gasteiger partial charge in [-0.1, -0.05) is 0 Å². The van der Waals surface area contributed by atoms with Crippen LogP contribution in [0.15, 0.2) is 11.8 Å². The van der Waals surface area contributed by atoms with Gasteiger partial charge in [0.05, 0.1) is 5.92 Å². The molecule has 0 radical (unpaired) electrons. The summed E-state index contributed by atoms with van der Waals surface area (Å²) >= 11 is 0. The number of amides is 1. The minimum absolute atomic E-state index is 0.0465. The van der Waals surface area contributed by atoms with Crippen molar-refractivity contribution < 1.29 is 19.4 Å². The van der Waals surface area contributed by atoms with E-state index in [1.807, 2.05) is 17.9 Å². The quantitative estimate of drug-likeness (QED) is 0.389. The molecule has 122 valence electrons. The summed E-state index contributed by atoms with van der Waals surface area (Å²) in [6.45, 7) is 4.66. The molecule has 7 heteroatoms. The van der Waals surface area contributed by atoms with Gasteiger partial charge in [-0.05, 0) is 26.2 Å². The number of aliphatic carboxylic acids is 1. The van der Waals surface area contributed by atoms with Gasteiger partial charge in [0.1, 0.15) is 11.6 Å². The Balaban J connectivity index is 2.41. The van der Waals surface area contributed by atoms with Gasteiger partial charge in [-0.2, -0.15) is 5.26 Å². The molecule has 1 saturated heterocycles. The minimum Gasteiger partial charge on any atom is -0.481 e. The van der Waals surface area contributed by atoms with E-state index < -0.39 is 11.9 Å². The number of nitriles is 1. The molecular formula is C15H23N3O4. The summed E-state index contributed by atoms with van der Waals surface area (Å²) in [5.74, 6) is -1.52. The van der Waals surface area contributed by atoms with Crippen LogP contribution in [-0.2, 0) is 14.3 Å². The van der Waals surface area contributed by atoms with Crippen molar-refractivity contribution in [1.82, 2.24) is 10.2 Å². The van der Waals surface area contributed by atoms with Gasteiger partial charge in [-0.3, -0.25) is 9.59 Å². The highest BCUT2D eigenvalue weighted by atomic mass is 16.5. The van der Waals surface area contributed by atoms with Crippen LogP contribution in [0.3, 0.4) is 0 Å². The van der Waals surface area contributed by atoms with Crippen molar-refractivity contribution in [2.75, 3.05) is 32.8 Å². The summed E-state index contributed by atoms with van der Waals surface area (Å²) in [6, 6.07) is 1.90. The maximum absolute atomic E-state index is 11.9. The summed E-state index contributed by atoms with van der Waals surface area (Å²) in [4.78, 5) is 24.6. The van der Waals surface area contributed by atoms with Gasteiger partial charge in [0, 0.05) is 39.0 Å². The zero-order valence-electron chi connectivity index (χ0n) is 12.9. The fourth-order valence-electron chi connectivity index (χ4n) is 2.21. The second-order valence-electron chi connectivity index (χ2n) is 5.11. The third kappa shape index (κ3) is 6.14. The Labute approximate surface area is 130 Å². The van der Waals surface area contributed by atoms with Crippen LogP contribution < -0.4 is 5.32 Å². The molecule has 1 fully saturated rings. The van der Waals surface area contributed by atoms with E-state index in [4.69, 9.17) is 15.1 Å². The number of nitrogens with one attached hydrogen (secondary N) is 1. The molecule has 1 heterocycles. The summed E-state index contributed by atoms with van der Waals surface area (Å²) in [5.41, 5.74) is 0.0465. The summed E-state index contributed by atoms with van der Waals surface area (Å²) in [6.07, 6.45) is 3.28. The third-order valence-electron chi connectivity index (χ3n) is 3.51. The van der Waals surface area contributed by atoms with Crippen molar-refractivity contribution in [2.45, 2.75) is 26.2 Å². The van der Waals surface area contributed by atoms with E-state index in [0.717, 1.165) is 0 Å². The van der Waals surface area contributed by atoms with E-state index in [0.29, 0.717) is 52.1 Å². The first-order valence-electron chi connectivity index (χ1n) is 7.53. The number of piperidine rings is 1. The Morgan fingerprint density at radius 1 is 1.45 bits per heavy atom. The van der Waals surface area contributed by atoms with E-state index in [-0.39, 0.29) is 11.5 Å². The zero-order chi connectivity index (χ0) is 16.4. The molecule has 0 aromatic rings. The van der Waals surface area contributed by atoms with E-state index in [2.05, 4.69) is 5.32 Å². The van der Waals surface area contributed by atoms with Crippen LogP contribution >= 0.6 is 0 Å². The van der Waals surface area contributed by atoms with Crippen LogP contribution in [0.5, 0.6) is 0 Å². The molecule has 0 bridgehead atoms. The second kappa shape index (κ2) is 9.79. The number of ether oxygens (including phenoxy) is 1. The highest BCUT2D eigenvalue weighted by Crippen LogP contribution is 2.18. The molecule has 22 heavy (non-hydrogen) atoms. The standard InChI is InChI=1S/C15H23N3O4/c1-2-22-9-3-6-17-14(19)13(10-16)11-18-7-4-12(5-8-18)15(20)21/h11-12H,2-9H2,1H3,(H,17,19)(H,20,21)/b13-11-. The lowest BCUT2D eigenvalue weighted by atomic mass is 9.97. The Hall–Kier alpha value is -2.07. The number of hydrogen-bond donors (Lipinski definition) is 2. The predicted octanol–water partition coefficient (Wildman–Crippen LogP) is 0.733. The second-order valence-corrected chi connectivity index (χ2v) is 5.11. The topological polar surface area (TPSA) is 103 Å². The number of carbonyl (C=O) groups excluding carboxylic acids is 1. The van der Waals surface area contributed by atoms with Crippen molar-refractivity contribution in [1.29, 1.82) is 5.26 Å². The SMILES string of the molecule is CCOCCCNC(=O)/C(C#N)=C\N1CCC(C(=O)O)CC1. The van der Waals surface area contributed by atoms with Crippen LogP contribution in [0, 0.1) is 17.2 Å². The fourth-order valence-corrected chi connectivity index (χ4v) is 2.21. The molecule has 1 aliphatic heterocycles. The largest absolute Gasteiger partial charge is 0.481 e. The fraction of sp³-hybridized carbons (Fsp3) is 0.667. The smallest absolute Gasteiger partial charge is 0.306 e. The number of nitrogens with zero attached hydrogens (tertiary/aromatic N) is 2. The average Bonchev–Trinajstić information content (AvgIpc) is 2.52. The maximum Gasteiger partial charge on any atom is 0.306 e. The van der Waals surface area contributed by atoms with Crippen LogP contribution in [0.4, 0.5) is 0 Å². The minimum atomic E-state index is -0.781. The van der Waals surface area contributed by atoms with Crippen molar-refractivity contribution in [3.8, 4) is 6.07 Å². The van der Waals surface area contributed by atoms with Crippen LogP contribution in [0.1, 0.15) is 26.2 Å². The molecule has 1 aliphatic rings. The number of carboxylic acid groups (broad SMARTS) is 1. The molecule has 0 aromatic heterocycles. The highest BCUT2D eigenvalue weighted by Gasteiger charge is 2.23. The molecule has 0 spiro atoms. The van der Waals surface area contributed by atoms with E-state index in [9.17, 15) is 9.59 Å². The number of rotatable bonds is 8. The van der Waals surface area contributed by atoms with E-state index in [1.54, 1.807) is 0 Å². The number of hydrogen-bond acceptors (Lipinski definition) is 5. The zero-order valence-corrected chi connectivity index (χ0v) is 12.9. The van der Waals surface area contributed by atoms with Gasteiger partial charge < -0.3 is 20.1 Å². The van der Waals surface area contributed by atoms with Gasteiger partial charge in [-0.25, -0.2) is 0 Å². The Kier molecular flexibility index (Phi) is 8.00. The lowest BCUT2D eigenvalue weighted by molar-refractivity contribution is -0.143. The van der Waals surface area contributed by atoms with Gasteiger partial charge in [0.15, 0.2) is 0 Å². The Bertz CT molecular complexity index is 448. The summed E-state index contributed by atoms with van der Waals surface area (Å²) in [7, 11) is 0. The number of likely N-dealkylation sites (tertiary alicyclic amines) is 1. The van der Waals surface area contributed by atoms with Crippen molar-refractivity contribution in [3.63, 3.8) is 0 Å². The molecule has 0 aliphatic carbocycles. The van der Waals surface area contributed by atoms with Gasteiger partial charge in [0.25, 0.3) is 5.91 Å². The monoisotopic (exact) mass is 309 g/mol. The average molecular weight is 309 g/mol. The molecule has 1 amide bonds. The van der Waals surface area contributed by atoms with Crippen molar-refractivity contribution >= 4 is 11.9 Å². The lowest BCUT2D eigenvalue weighted by Crippen LogP contribution is -2.34. The first-order valence-corrected chi connectivity index (χ1v) is 7.53. The van der Waals surface area contributed by atoms with E-state index >= 15 is 0 Å². The molecule has 0 atom stereocenters. The molecule has 7 nitrogen and oxygen atoms in total. The molecule has 0 aromatic carbocycles. The Morgan fingerprint density at radius 2 is 2.14 bits per heavy atom. The molecule has 1 rings (SSSR count). The molecular weight excluding hydrogens is 286 g/mol. The third-order valence-corrected chi connectivity index (χ3v) is 3.51. The predicted molar refractivity (Wildman–Crippen MR) is 79.7 cm³/mol. The van der Waals surface area contributed by atoms with Gasteiger partial charge in [0.2, 0.25) is 0 Å². The number of carbonyl (C=O) groups is 2. The maximum atomic E-state index is 11.9. The van der Waals surface area contributed by atoms with Crippen LogP contribution in [0.2, 0.25) is 0 Å². The first-order chi connectivity index (χ1) is 10.6. The van der Waals surface area contributed by atoms with Crippen LogP contribution in [-0.4, -0.2) is 54.7 Å². The summed E-state index contributed by atoms with van der Waals surface area (Å²) in [5, 5.41) is 20.7. The van der Waals surface area contributed by atoms with Crippen molar-refractivity contribution in [3.05, 3.63) is 11.8 Å². The molecule has 0 saturated carbocycles. The van der Waals surface area contributed by atoms with Crippen molar-refractivity contribution in [2.24, 2.45) is 5.92 Å². The van der Waals surface area contributed by atoms with Gasteiger partial charge >= 0.3 is 5.97 Å².